The predicted octanol–water partition coefficient (Wildman–Crippen LogP) is 16.2. The van der Waals surface area contributed by atoms with Crippen LogP contribution >= 0.6 is 0 Å². The lowest BCUT2D eigenvalue weighted by Gasteiger charge is -2.41. The Morgan fingerprint density at radius 2 is 1.22 bits per heavy atom. The zero-order valence-corrected chi connectivity index (χ0v) is 41.4. The summed E-state index contributed by atoms with van der Waals surface area (Å²) in [5, 5.41) is 11.1. The first kappa shape index (κ1) is 41.0. The number of nitrogens with one attached hydrogen (secondary N) is 1. The molecule has 0 amide bonds. The molecule has 5 heteroatoms. The second kappa shape index (κ2) is 13.4. The van der Waals surface area contributed by atoms with Gasteiger partial charge in [-0.25, -0.2) is 0 Å². The number of para-hydroxylation sites is 1. The molecule has 1 aliphatic heterocycles. The number of rotatable bonds is 3. The molecule has 0 unspecified atom stereocenters. The summed E-state index contributed by atoms with van der Waals surface area (Å²) in [5.41, 5.74) is 24.8. The first-order valence-corrected chi connectivity index (χ1v) is 24.9. The number of furan rings is 2. The van der Waals surface area contributed by atoms with E-state index in [2.05, 4.69) is 214 Å². The minimum atomic E-state index is -0.144. The van der Waals surface area contributed by atoms with Gasteiger partial charge in [-0.3, -0.25) is 0 Å². The molecular weight excluding hydrogens is 840 g/mol. The fourth-order valence-corrected chi connectivity index (χ4v) is 12.9. The van der Waals surface area contributed by atoms with Crippen molar-refractivity contribution < 1.29 is 8.83 Å². The fraction of sp³-hybridized carbons (Fsp3) is 0.250. The van der Waals surface area contributed by atoms with Gasteiger partial charge in [0, 0.05) is 71.9 Å². The number of benzene rings is 8. The van der Waals surface area contributed by atoms with Crippen molar-refractivity contribution in [3.8, 4) is 27.9 Å². The molecular formula is C64H56BN2O2. The lowest BCUT2D eigenvalue weighted by atomic mass is 9.58. The van der Waals surface area contributed by atoms with E-state index in [1.807, 2.05) is 0 Å². The summed E-state index contributed by atoms with van der Waals surface area (Å²) >= 11 is 0. The summed E-state index contributed by atoms with van der Waals surface area (Å²) in [6, 6.07) is 48.0. The number of hydrogen-bond acceptors (Lipinski definition) is 3. The summed E-state index contributed by atoms with van der Waals surface area (Å²) in [6.07, 6.45) is 2.31. The first-order chi connectivity index (χ1) is 32.9. The van der Waals surface area contributed by atoms with Gasteiger partial charge >= 0.3 is 0 Å². The van der Waals surface area contributed by atoms with Gasteiger partial charge in [0.25, 0.3) is 0 Å². The maximum absolute atomic E-state index is 7.05. The average molecular weight is 896 g/mol. The normalized spacial score (nSPS) is 16.3. The summed E-state index contributed by atoms with van der Waals surface area (Å²) in [5.74, 6) is 0. The van der Waals surface area contributed by atoms with E-state index < -0.39 is 0 Å². The van der Waals surface area contributed by atoms with Crippen molar-refractivity contribution in [1.82, 2.24) is 4.57 Å². The molecule has 4 heterocycles. The topological polar surface area (TPSA) is 43.2 Å². The molecule has 0 fully saturated rings. The molecule has 0 saturated heterocycles. The molecule has 69 heavy (non-hydrogen) atoms. The highest BCUT2D eigenvalue weighted by Gasteiger charge is 2.40. The van der Waals surface area contributed by atoms with E-state index >= 15 is 0 Å². The van der Waals surface area contributed by atoms with Crippen LogP contribution in [0.25, 0.3) is 93.6 Å². The Balaban J connectivity index is 1.07. The Hall–Kier alpha value is -6.98. The lowest BCUT2D eigenvalue weighted by molar-refractivity contribution is 0.332. The van der Waals surface area contributed by atoms with E-state index in [1.54, 1.807) is 0 Å². The van der Waals surface area contributed by atoms with Gasteiger partial charge in [-0.05, 0) is 146 Å². The maximum atomic E-state index is 7.05. The van der Waals surface area contributed by atoms with Crippen LogP contribution in [0.5, 0.6) is 0 Å². The molecule has 11 aromatic rings. The number of anilines is 2. The zero-order chi connectivity index (χ0) is 47.3. The van der Waals surface area contributed by atoms with Gasteiger partial charge in [0.05, 0.1) is 5.52 Å². The van der Waals surface area contributed by atoms with E-state index in [1.165, 1.54) is 88.4 Å². The maximum Gasteiger partial charge on any atom is 0.197 e. The van der Waals surface area contributed by atoms with Crippen LogP contribution in [-0.4, -0.2) is 11.8 Å². The molecule has 1 N–H and O–H groups in total. The Bertz CT molecular complexity index is 4090. The van der Waals surface area contributed by atoms with Crippen LogP contribution in [0.2, 0.25) is 0 Å². The molecule has 0 saturated carbocycles. The zero-order valence-electron chi connectivity index (χ0n) is 41.4. The van der Waals surface area contributed by atoms with Crippen molar-refractivity contribution in [2.45, 2.75) is 104 Å². The lowest BCUT2D eigenvalue weighted by Crippen LogP contribution is -2.38. The highest BCUT2D eigenvalue weighted by Crippen LogP contribution is 2.52. The molecule has 14 rings (SSSR count). The molecule has 3 aromatic heterocycles. The van der Waals surface area contributed by atoms with E-state index in [0.717, 1.165) is 73.8 Å². The summed E-state index contributed by atoms with van der Waals surface area (Å²) in [6.45, 7) is 23.5. The number of aromatic nitrogens is 1. The number of aryl methyl sites for hydroxylation is 1. The second-order valence-electron chi connectivity index (χ2n) is 23.6. The van der Waals surface area contributed by atoms with E-state index in [9.17, 15) is 0 Å². The van der Waals surface area contributed by atoms with Crippen molar-refractivity contribution in [2.24, 2.45) is 0 Å². The Morgan fingerprint density at radius 1 is 0.551 bits per heavy atom. The molecule has 0 atom stereocenters. The van der Waals surface area contributed by atoms with Gasteiger partial charge < -0.3 is 18.7 Å². The van der Waals surface area contributed by atoms with Gasteiger partial charge in [-0.1, -0.05) is 135 Å². The van der Waals surface area contributed by atoms with Crippen LogP contribution in [-0.2, 0) is 21.7 Å². The van der Waals surface area contributed by atoms with Gasteiger partial charge in [-0.15, -0.1) is 0 Å². The number of fused-ring (bicyclic) bond motifs is 15. The molecule has 337 valence electrons. The third kappa shape index (κ3) is 5.65. The Labute approximate surface area is 404 Å². The minimum Gasteiger partial charge on any atom is -0.456 e. The van der Waals surface area contributed by atoms with Gasteiger partial charge in [0.15, 0.2) is 7.28 Å². The van der Waals surface area contributed by atoms with Gasteiger partial charge in [0.2, 0.25) is 0 Å². The smallest absolute Gasteiger partial charge is 0.197 e. The van der Waals surface area contributed by atoms with Crippen molar-refractivity contribution >= 4 is 95.3 Å². The minimum absolute atomic E-state index is 0.0494. The van der Waals surface area contributed by atoms with Crippen LogP contribution in [0.4, 0.5) is 11.4 Å². The fourth-order valence-electron chi connectivity index (χ4n) is 12.9. The molecule has 4 nitrogen and oxygen atoms in total. The number of hydrogen-bond donors (Lipinski definition) is 1. The molecule has 3 aliphatic rings. The van der Waals surface area contributed by atoms with E-state index in [0.29, 0.717) is 0 Å². The SMILES string of the molecule is Cc1cc(-c2cc3oc4cc5c(cc4c3cc2Nc2ccc(C(C)(C)C)cc2)C(C)(C)CCC5(C)C)c2c3c1c1cc4c(cc1n3-c1cc3c(cc1[B]2)C(C)(C)c1ccccc1-3)oc1ccccc14. The standard InChI is InChI=1S/C64H56BN2O2/c1-34-25-44(40-30-55-43(28-51(40)66-36-21-19-35(20-22-36)61(2,3)4)42-27-48-49(32-56(42)69-55)63(7,8)24-23-62(48,5)6)59-60-58(34)45-26-41-38-16-12-14-18-54(38)68-57(41)33-52(45)67(60)53-29-39-37-15-11-13-17-46(37)64(9,10)47(39)31-50(53)65-59/h11-22,25-33,66H,23-24H2,1-10H3. The summed E-state index contributed by atoms with van der Waals surface area (Å²) < 4.78 is 16.3. The van der Waals surface area contributed by atoms with Crippen LogP contribution < -0.4 is 16.2 Å². The summed E-state index contributed by atoms with van der Waals surface area (Å²) in [4.78, 5) is 0. The third-order valence-corrected chi connectivity index (χ3v) is 16.9. The average Bonchev–Trinajstić information content (AvgIpc) is 4.03. The predicted molar refractivity (Wildman–Crippen MR) is 292 cm³/mol. The van der Waals surface area contributed by atoms with E-state index in [4.69, 9.17) is 8.83 Å². The van der Waals surface area contributed by atoms with Crippen molar-refractivity contribution in [2.75, 3.05) is 5.32 Å². The quantitative estimate of drug-likeness (QED) is 0.180. The third-order valence-electron chi connectivity index (χ3n) is 16.9. The largest absolute Gasteiger partial charge is 0.456 e. The van der Waals surface area contributed by atoms with Crippen LogP contribution in [0.3, 0.4) is 0 Å². The molecule has 1 radical (unpaired) electrons. The highest BCUT2D eigenvalue weighted by atomic mass is 16.3. The molecule has 0 bridgehead atoms. The molecule has 0 spiro atoms. The van der Waals surface area contributed by atoms with Gasteiger partial charge in [-0.2, -0.15) is 0 Å². The van der Waals surface area contributed by atoms with Gasteiger partial charge in [0.1, 0.15) is 22.3 Å². The second-order valence-corrected chi connectivity index (χ2v) is 23.6. The van der Waals surface area contributed by atoms with Crippen molar-refractivity contribution in [3.63, 3.8) is 0 Å². The molecule has 8 aromatic carbocycles. The Morgan fingerprint density at radius 3 is 2.00 bits per heavy atom. The van der Waals surface area contributed by atoms with Crippen LogP contribution in [0.1, 0.15) is 109 Å². The van der Waals surface area contributed by atoms with Crippen molar-refractivity contribution in [1.29, 1.82) is 0 Å². The van der Waals surface area contributed by atoms with Crippen LogP contribution in [0, 0.1) is 6.92 Å². The summed E-state index contributed by atoms with van der Waals surface area (Å²) in [7, 11) is 2.48. The van der Waals surface area contributed by atoms with Crippen LogP contribution in [0.15, 0.2) is 136 Å². The molecule has 2 aliphatic carbocycles. The first-order valence-electron chi connectivity index (χ1n) is 24.9. The monoisotopic (exact) mass is 895 g/mol. The Kier molecular flexibility index (Phi) is 7.98. The van der Waals surface area contributed by atoms with Crippen molar-refractivity contribution in [3.05, 3.63) is 161 Å². The number of nitrogens with zero attached hydrogens (tertiary/aromatic N) is 1. The highest BCUT2D eigenvalue weighted by molar-refractivity contribution is 6.73. The van der Waals surface area contributed by atoms with E-state index in [-0.39, 0.29) is 21.7 Å².